The molecule has 6 aromatic rings. The number of carbonyl (C=O) groups is 1. The Morgan fingerprint density at radius 3 is 2.34 bits per heavy atom. The molecule has 0 unspecified atom stereocenters. The first-order valence-electron chi connectivity index (χ1n) is 16.6. The van der Waals surface area contributed by atoms with E-state index in [1.807, 2.05) is 82.3 Å². The summed E-state index contributed by atoms with van der Waals surface area (Å²) in [5.74, 6) is 1.24. The highest BCUT2D eigenvalue weighted by atomic mass is 16.5. The molecule has 50 heavy (non-hydrogen) atoms. The van der Waals surface area contributed by atoms with Crippen LogP contribution in [0.25, 0.3) is 28.0 Å². The number of aromatic carboxylic acids is 1. The van der Waals surface area contributed by atoms with Crippen molar-refractivity contribution in [1.82, 2.24) is 14.2 Å². The van der Waals surface area contributed by atoms with E-state index in [9.17, 15) is 9.59 Å². The van der Waals surface area contributed by atoms with Crippen LogP contribution in [0.3, 0.4) is 0 Å². The number of benzene rings is 4. The van der Waals surface area contributed by atoms with Gasteiger partial charge in [0.05, 0.1) is 29.3 Å². The van der Waals surface area contributed by atoms with Gasteiger partial charge in [-0.3, -0.25) is 4.79 Å². The van der Waals surface area contributed by atoms with Crippen LogP contribution in [-0.2, 0) is 6.61 Å². The lowest BCUT2D eigenvalue weighted by Crippen LogP contribution is -2.21. The van der Waals surface area contributed by atoms with Crippen molar-refractivity contribution in [1.29, 1.82) is 0 Å². The number of carboxylic acids is 1. The van der Waals surface area contributed by atoms with Crippen molar-refractivity contribution < 1.29 is 19.4 Å². The molecule has 254 valence electrons. The Morgan fingerprint density at radius 2 is 1.66 bits per heavy atom. The van der Waals surface area contributed by atoms with Gasteiger partial charge in [-0.1, -0.05) is 38.1 Å². The minimum absolute atomic E-state index is 0.198. The van der Waals surface area contributed by atoms with Gasteiger partial charge in [0.15, 0.2) is 5.82 Å². The van der Waals surface area contributed by atoms with Crippen LogP contribution in [0.2, 0.25) is 0 Å². The molecule has 1 N–H and O–H groups in total. The Labute approximate surface area is 291 Å². The molecule has 0 atom stereocenters. The molecule has 0 saturated carbocycles. The third kappa shape index (κ3) is 6.80. The Hall–Kier alpha value is -5.96. The maximum Gasteiger partial charge on any atom is 0.335 e. The second kappa shape index (κ2) is 14.3. The third-order valence-electron chi connectivity index (χ3n) is 8.76. The summed E-state index contributed by atoms with van der Waals surface area (Å²) >= 11 is 0. The second-order valence-corrected chi connectivity index (χ2v) is 12.6. The molecule has 0 bridgehead atoms. The van der Waals surface area contributed by atoms with E-state index >= 15 is 0 Å². The number of nitrogens with zero attached hydrogens (tertiary/aromatic N) is 4. The van der Waals surface area contributed by atoms with Gasteiger partial charge in [0.1, 0.15) is 18.1 Å². The van der Waals surface area contributed by atoms with E-state index in [4.69, 9.17) is 24.7 Å². The number of ether oxygens (including phenoxy) is 2. The first kappa shape index (κ1) is 33.9. The van der Waals surface area contributed by atoms with Crippen LogP contribution < -0.4 is 15.0 Å². The standard InChI is InChI=1S/C41H40N4O5/c1-7-49-38-20-26(4)36(22-35(38)25(2)3)39-43-37-11-9-8-10-34(37)40(46)45(39)42-23-31-21-27(5)44(28(31)6)32-16-18-33(19-17-32)50-24-29-12-14-30(15-13-29)41(47)48/h8-23,25H,7,24H2,1-6H3,(H,47,48). The molecule has 0 amide bonds. The lowest BCUT2D eigenvalue weighted by molar-refractivity contribution is 0.0696. The molecule has 2 heterocycles. The van der Waals surface area contributed by atoms with Gasteiger partial charge in [-0.05, 0) is 117 Å². The van der Waals surface area contributed by atoms with Gasteiger partial charge in [0.25, 0.3) is 5.56 Å². The van der Waals surface area contributed by atoms with Gasteiger partial charge in [0.2, 0.25) is 0 Å². The third-order valence-corrected chi connectivity index (χ3v) is 8.76. The number of rotatable bonds is 11. The summed E-state index contributed by atoms with van der Waals surface area (Å²) in [7, 11) is 0. The first-order valence-corrected chi connectivity index (χ1v) is 16.6. The van der Waals surface area contributed by atoms with Crippen molar-refractivity contribution in [3.05, 3.63) is 141 Å². The van der Waals surface area contributed by atoms with Crippen LogP contribution in [0.15, 0.2) is 101 Å². The average Bonchev–Trinajstić information content (AvgIpc) is 3.39. The average molecular weight is 669 g/mol. The fraction of sp³-hybridized carbons (Fsp3) is 0.220. The molecule has 0 radical (unpaired) electrons. The zero-order valence-electron chi connectivity index (χ0n) is 29.1. The normalized spacial score (nSPS) is 11.5. The van der Waals surface area contributed by atoms with Crippen molar-refractivity contribution in [2.24, 2.45) is 5.10 Å². The molecule has 9 heteroatoms. The quantitative estimate of drug-likeness (QED) is 0.139. The first-order chi connectivity index (χ1) is 24.0. The van der Waals surface area contributed by atoms with Gasteiger partial charge in [-0.15, -0.1) is 0 Å². The second-order valence-electron chi connectivity index (χ2n) is 12.6. The summed E-state index contributed by atoms with van der Waals surface area (Å²) < 4.78 is 15.4. The van der Waals surface area contributed by atoms with Gasteiger partial charge < -0.3 is 19.1 Å². The molecular formula is C41H40N4O5. The summed E-state index contributed by atoms with van der Waals surface area (Å²) in [4.78, 5) is 30.1. The molecule has 0 spiro atoms. The fourth-order valence-corrected chi connectivity index (χ4v) is 6.11. The molecule has 0 saturated heterocycles. The van der Waals surface area contributed by atoms with Gasteiger partial charge in [-0.2, -0.15) is 9.78 Å². The molecular weight excluding hydrogens is 628 g/mol. The molecule has 9 nitrogen and oxygen atoms in total. The zero-order chi connectivity index (χ0) is 35.5. The number of fused-ring (bicyclic) bond motifs is 1. The molecule has 4 aromatic carbocycles. The number of aromatic nitrogens is 3. The van der Waals surface area contributed by atoms with E-state index < -0.39 is 5.97 Å². The predicted molar refractivity (Wildman–Crippen MR) is 197 cm³/mol. The van der Waals surface area contributed by atoms with Crippen LogP contribution in [-0.4, -0.2) is 38.1 Å². The van der Waals surface area contributed by atoms with E-state index in [0.29, 0.717) is 35.7 Å². The monoisotopic (exact) mass is 668 g/mol. The molecule has 0 aliphatic carbocycles. The zero-order valence-corrected chi connectivity index (χ0v) is 29.1. The van der Waals surface area contributed by atoms with E-state index in [1.54, 1.807) is 36.5 Å². The van der Waals surface area contributed by atoms with Gasteiger partial charge in [0, 0.05) is 28.2 Å². The molecule has 0 aliphatic heterocycles. The van der Waals surface area contributed by atoms with Crippen molar-refractivity contribution in [2.75, 3.05) is 6.61 Å². The molecule has 6 rings (SSSR count). The Morgan fingerprint density at radius 1 is 0.940 bits per heavy atom. The SMILES string of the molecule is CCOc1cc(C)c(-c2nc3ccccc3c(=O)n2N=Cc2cc(C)n(-c3ccc(OCc4ccc(C(=O)O)cc4)cc3)c2C)cc1C(C)C. The van der Waals surface area contributed by atoms with E-state index in [0.717, 1.165) is 50.6 Å². The van der Waals surface area contributed by atoms with Crippen LogP contribution in [0, 0.1) is 20.8 Å². The Kier molecular flexibility index (Phi) is 9.67. The molecule has 0 fully saturated rings. The summed E-state index contributed by atoms with van der Waals surface area (Å²) in [6.07, 6.45) is 1.72. The van der Waals surface area contributed by atoms with E-state index in [2.05, 4.69) is 24.5 Å². The van der Waals surface area contributed by atoms with Gasteiger partial charge in [-0.25, -0.2) is 9.78 Å². The van der Waals surface area contributed by atoms with Gasteiger partial charge >= 0.3 is 5.97 Å². The molecule has 2 aromatic heterocycles. The Bertz CT molecular complexity index is 2280. The Balaban J connectivity index is 1.33. The van der Waals surface area contributed by atoms with E-state index in [-0.39, 0.29) is 17.0 Å². The lowest BCUT2D eigenvalue weighted by Gasteiger charge is -2.18. The summed E-state index contributed by atoms with van der Waals surface area (Å²) in [5.41, 5.74) is 8.06. The van der Waals surface area contributed by atoms with E-state index in [1.165, 1.54) is 4.68 Å². The minimum Gasteiger partial charge on any atom is -0.494 e. The largest absolute Gasteiger partial charge is 0.494 e. The summed E-state index contributed by atoms with van der Waals surface area (Å²) in [5, 5.41) is 14.4. The van der Waals surface area contributed by atoms with Crippen molar-refractivity contribution >= 4 is 23.1 Å². The maximum absolute atomic E-state index is 14.0. The lowest BCUT2D eigenvalue weighted by atomic mass is 9.96. The van der Waals surface area contributed by atoms with Crippen LogP contribution >= 0.6 is 0 Å². The highest BCUT2D eigenvalue weighted by Crippen LogP contribution is 2.34. The highest BCUT2D eigenvalue weighted by Gasteiger charge is 2.19. The van der Waals surface area contributed by atoms with Crippen molar-refractivity contribution in [3.8, 4) is 28.6 Å². The smallest absolute Gasteiger partial charge is 0.335 e. The number of para-hydroxylation sites is 1. The predicted octanol–water partition coefficient (Wildman–Crippen LogP) is 8.46. The fourth-order valence-electron chi connectivity index (χ4n) is 6.11. The number of hydrogen-bond acceptors (Lipinski definition) is 6. The number of hydrogen-bond donors (Lipinski definition) is 1. The number of carboxylic acid groups (broad SMARTS) is 1. The maximum atomic E-state index is 14.0. The highest BCUT2D eigenvalue weighted by molar-refractivity contribution is 5.87. The van der Waals surface area contributed by atoms with Crippen LogP contribution in [0.1, 0.15) is 70.7 Å². The summed E-state index contributed by atoms with van der Waals surface area (Å²) in [6.45, 7) is 13.1. The summed E-state index contributed by atoms with van der Waals surface area (Å²) in [6, 6.07) is 27.9. The number of aryl methyl sites for hydroxylation is 2. The van der Waals surface area contributed by atoms with Crippen molar-refractivity contribution in [3.63, 3.8) is 0 Å². The topological polar surface area (TPSA) is 108 Å². The minimum atomic E-state index is -0.957. The van der Waals surface area contributed by atoms with Crippen LogP contribution in [0.4, 0.5) is 0 Å². The molecule has 0 aliphatic rings. The van der Waals surface area contributed by atoms with Crippen molar-refractivity contribution in [2.45, 2.75) is 54.1 Å². The van der Waals surface area contributed by atoms with Crippen LogP contribution in [0.5, 0.6) is 11.5 Å².